The molecule has 0 saturated carbocycles. The van der Waals surface area contributed by atoms with E-state index in [1.807, 2.05) is 18.2 Å². The van der Waals surface area contributed by atoms with E-state index in [2.05, 4.69) is 24.0 Å². The summed E-state index contributed by atoms with van der Waals surface area (Å²) >= 11 is 0. The number of furan rings is 1. The second-order valence-corrected chi connectivity index (χ2v) is 8.99. The number of benzene rings is 2. The summed E-state index contributed by atoms with van der Waals surface area (Å²) in [6.45, 7) is 6.55. The SMILES string of the molecule is Cc1cc2c(cc(C(=O)N3CCN(c4ccccc4C)CC3)n2Cc2cccc(C(F)(F)F)c2)o1. The Morgan fingerprint density at radius 1 is 0.943 bits per heavy atom. The lowest BCUT2D eigenvalue weighted by atomic mass is 10.1. The van der Waals surface area contributed by atoms with Gasteiger partial charge in [-0.05, 0) is 43.2 Å². The number of fused-ring (bicyclic) bond motifs is 1. The van der Waals surface area contributed by atoms with E-state index in [0.29, 0.717) is 54.3 Å². The second-order valence-electron chi connectivity index (χ2n) is 8.99. The van der Waals surface area contributed by atoms with E-state index in [4.69, 9.17) is 4.42 Å². The summed E-state index contributed by atoms with van der Waals surface area (Å²) in [5.41, 5.74) is 3.79. The summed E-state index contributed by atoms with van der Waals surface area (Å²) in [4.78, 5) is 17.6. The Kier molecular flexibility index (Phi) is 5.83. The zero-order valence-electron chi connectivity index (χ0n) is 19.6. The lowest BCUT2D eigenvalue weighted by molar-refractivity contribution is -0.137. The van der Waals surface area contributed by atoms with Gasteiger partial charge >= 0.3 is 6.18 Å². The molecular formula is C27H26F3N3O2. The van der Waals surface area contributed by atoms with Crippen molar-refractivity contribution in [3.05, 3.63) is 88.8 Å². The maximum atomic E-state index is 13.6. The van der Waals surface area contributed by atoms with Crippen LogP contribution in [0, 0.1) is 13.8 Å². The van der Waals surface area contributed by atoms with E-state index in [0.717, 1.165) is 12.1 Å². The van der Waals surface area contributed by atoms with Gasteiger partial charge in [-0.2, -0.15) is 13.2 Å². The Hall–Kier alpha value is -3.68. The third-order valence-corrected chi connectivity index (χ3v) is 6.55. The molecule has 0 unspecified atom stereocenters. The molecule has 4 aromatic rings. The van der Waals surface area contributed by atoms with Crippen LogP contribution in [-0.2, 0) is 12.7 Å². The van der Waals surface area contributed by atoms with Gasteiger partial charge in [-0.15, -0.1) is 0 Å². The number of piperazine rings is 1. The molecule has 5 rings (SSSR count). The van der Waals surface area contributed by atoms with Gasteiger partial charge < -0.3 is 18.8 Å². The Morgan fingerprint density at radius 2 is 1.69 bits per heavy atom. The van der Waals surface area contributed by atoms with Crippen LogP contribution in [0.25, 0.3) is 11.1 Å². The number of aromatic nitrogens is 1. The fourth-order valence-electron chi connectivity index (χ4n) is 4.77. The van der Waals surface area contributed by atoms with Crippen molar-refractivity contribution in [3.63, 3.8) is 0 Å². The molecule has 182 valence electrons. The van der Waals surface area contributed by atoms with Crippen LogP contribution in [0.5, 0.6) is 0 Å². The van der Waals surface area contributed by atoms with Gasteiger partial charge in [-0.1, -0.05) is 30.3 Å². The third-order valence-electron chi connectivity index (χ3n) is 6.55. The summed E-state index contributed by atoms with van der Waals surface area (Å²) in [7, 11) is 0. The molecule has 1 amide bonds. The molecule has 1 saturated heterocycles. The Labute approximate surface area is 201 Å². The quantitative estimate of drug-likeness (QED) is 0.366. The van der Waals surface area contributed by atoms with Crippen LogP contribution in [0.4, 0.5) is 18.9 Å². The molecule has 8 heteroatoms. The molecule has 1 aliphatic rings. The standard InChI is InChI=1S/C27H26F3N3O2/c1-18-6-3-4-9-22(18)31-10-12-32(13-11-31)26(34)24-16-25-23(14-19(2)35-25)33(24)17-20-7-5-8-21(15-20)27(28,29)30/h3-9,14-16H,10-13,17H2,1-2H3. The van der Waals surface area contributed by atoms with E-state index < -0.39 is 11.7 Å². The summed E-state index contributed by atoms with van der Waals surface area (Å²) < 4.78 is 47.2. The molecule has 5 nitrogen and oxygen atoms in total. The highest BCUT2D eigenvalue weighted by atomic mass is 19.4. The number of para-hydroxylation sites is 1. The first-order chi connectivity index (χ1) is 16.7. The number of anilines is 1. The fraction of sp³-hybridized carbons (Fsp3) is 0.296. The molecule has 0 N–H and O–H groups in total. The molecule has 2 aromatic carbocycles. The third kappa shape index (κ3) is 4.52. The fourth-order valence-corrected chi connectivity index (χ4v) is 4.77. The van der Waals surface area contributed by atoms with Crippen LogP contribution < -0.4 is 4.90 Å². The molecule has 35 heavy (non-hydrogen) atoms. The number of hydrogen-bond acceptors (Lipinski definition) is 3. The van der Waals surface area contributed by atoms with Crippen molar-refractivity contribution in [2.45, 2.75) is 26.6 Å². The van der Waals surface area contributed by atoms with Gasteiger partial charge in [0, 0.05) is 50.5 Å². The van der Waals surface area contributed by atoms with Crippen molar-refractivity contribution in [1.82, 2.24) is 9.47 Å². The monoisotopic (exact) mass is 481 g/mol. The van der Waals surface area contributed by atoms with E-state index in [-0.39, 0.29) is 12.5 Å². The Morgan fingerprint density at radius 3 is 2.40 bits per heavy atom. The van der Waals surface area contributed by atoms with E-state index in [1.165, 1.54) is 17.3 Å². The van der Waals surface area contributed by atoms with Gasteiger partial charge in [0.1, 0.15) is 11.5 Å². The number of carbonyl (C=O) groups is 1. The number of amides is 1. The molecule has 1 aliphatic heterocycles. The summed E-state index contributed by atoms with van der Waals surface area (Å²) in [6, 6.07) is 16.9. The van der Waals surface area contributed by atoms with Crippen molar-refractivity contribution < 1.29 is 22.4 Å². The first-order valence-electron chi connectivity index (χ1n) is 11.6. The lowest BCUT2D eigenvalue weighted by Crippen LogP contribution is -2.49. The van der Waals surface area contributed by atoms with Crippen LogP contribution in [0.2, 0.25) is 0 Å². The predicted molar refractivity (Wildman–Crippen MR) is 129 cm³/mol. The van der Waals surface area contributed by atoms with Gasteiger partial charge in [-0.25, -0.2) is 0 Å². The van der Waals surface area contributed by atoms with Gasteiger partial charge in [0.25, 0.3) is 5.91 Å². The van der Waals surface area contributed by atoms with Gasteiger partial charge in [0.05, 0.1) is 11.1 Å². The average Bonchev–Trinajstić information content (AvgIpc) is 3.35. The number of rotatable bonds is 4. The van der Waals surface area contributed by atoms with Crippen molar-refractivity contribution in [3.8, 4) is 0 Å². The van der Waals surface area contributed by atoms with Crippen LogP contribution in [-0.4, -0.2) is 41.6 Å². The minimum absolute atomic E-state index is 0.136. The summed E-state index contributed by atoms with van der Waals surface area (Å²) in [5.74, 6) is 0.532. The van der Waals surface area contributed by atoms with Gasteiger partial charge in [-0.3, -0.25) is 4.79 Å². The van der Waals surface area contributed by atoms with Crippen molar-refractivity contribution >= 4 is 22.7 Å². The molecule has 1 fully saturated rings. The number of hydrogen-bond donors (Lipinski definition) is 0. The zero-order chi connectivity index (χ0) is 24.7. The smallest absolute Gasteiger partial charge is 0.416 e. The highest BCUT2D eigenvalue weighted by molar-refractivity contribution is 5.98. The first-order valence-corrected chi connectivity index (χ1v) is 11.6. The summed E-state index contributed by atoms with van der Waals surface area (Å²) in [6.07, 6.45) is -4.43. The first kappa shape index (κ1) is 23.1. The second kappa shape index (κ2) is 8.83. The number of halogens is 3. The van der Waals surface area contributed by atoms with Gasteiger partial charge in [0.2, 0.25) is 0 Å². The maximum absolute atomic E-state index is 13.6. The number of alkyl halides is 3. The van der Waals surface area contributed by atoms with E-state index in [1.54, 1.807) is 28.5 Å². The highest BCUT2D eigenvalue weighted by Gasteiger charge is 2.31. The largest absolute Gasteiger partial charge is 0.460 e. The molecule has 0 spiro atoms. The van der Waals surface area contributed by atoms with Crippen molar-refractivity contribution in [2.75, 3.05) is 31.1 Å². The Balaban J connectivity index is 1.41. The Bertz CT molecular complexity index is 1380. The number of carbonyl (C=O) groups excluding carboxylic acids is 1. The molecule has 0 atom stereocenters. The molecule has 0 bridgehead atoms. The molecule has 0 radical (unpaired) electrons. The predicted octanol–water partition coefficient (Wildman–Crippen LogP) is 5.88. The van der Waals surface area contributed by atoms with Crippen LogP contribution >= 0.6 is 0 Å². The molecule has 0 aliphatic carbocycles. The normalized spacial score (nSPS) is 14.7. The number of nitrogens with zero attached hydrogens (tertiary/aromatic N) is 3. The van der Waals surface area contributed by atoms with E-state index in [9.17, 15) is 18.0 Å². The molecule has 3 heterocycles. The molecular weight excluding hydrogens is 455 g/mol. The van der Waals surface area contributed by atoms with E-state index >= 15 is 0 Å². The van der Waals surface area contributed by atoms with Crippen molar-refractivity contribution in [2.24, 2.45) is 0 Å². The van der Waals surface area contributed by atoms with Crippen LogP contribution in [0.3, 0.4) is 0 Å². The van der Waals surface area contributed by atoms with Crippen LogP contribution in [0.15, 0.2) is 65.1 Å². The lowest BCUT2D eigenvalue weighted by Gasteiger charge is -2.37. The molecule has 2 aromatic heterocycles. The highest BCUT2D eigenvalue weighted by Crippen LogP contribution is 2.31. The summed E-state index contributed by atoms with van der Waals surface area (Å²) in [5, 5.41) is 0. The zero-order valence-corrected chi connectivity index (χ0v) is 19.6. The average molecular weight is 482 g/mol. The van der Waals surface area contributed by atoms with Crippen molar-refractivity contribution in [1.29, 1.82) is 0 Å². The number of aryl methyl sites for hydroxylation is 2. The van der Waals surface area contributed by atoms with Crippen LogP contribution in [0.1, 0.15) is 32.9 Å². The van der Waals surface area contributed by atoms with Gasteiger partial charge in [0.15, 0.2) is 5.58 Å². The maximum Gasteiger partial charge on any atom is 0.416 e. The minimum atomic E-state index is -4.43. The topological polar surface area (TPSA) is 41.6 Å². The minimum Gasteiger partial charge on any atom is -0.460 e.